The molecule has 0 radical (unpaired) electrons. The van der Waals surface area contributed by atoms with Gasteiger partial charge in [0.25, 0.3) is 0 Å². The predicted molar refractivity (Wildman–Crippen MR) is 143 cm³/mol. The predicted octanol–water partition coefficient (Wildman–Crippen LogP) is 5.82. The molecular weight excluding hydrogens is 488 g/mol. The highest BCUT2D eigenvalue weighted by atomic mass is 19.1. The van der Waals surface area contributed by atoms with Gasteiger partial charge in [0.1, 0.15) is 17.7 Å². The van der Waals surface area contributed by atoms with E-state index in [1.54, 1.807) is 24.4 Å². The average molecular weight is 514 g/mol. The fraction of sp³-hybridized carbons (Fsp3) is 0.207. The van der Waals surface area contributed by atoms with E-state index in [9.17, 15) is 18.8 Å². The highest BCUT2D eigenvalue weighted by Gasteiger charge is 2.23. The number of methoxy groups -OCH3 is 1. The second kappa shape index (κ2) is 10.4. The van der Waals surface area contributed by atoms with Gasteiger partial charge in [0, 0.05) is 47.9 Å². The molecule has 3 aromatic carbocycles. The van der Waals surface area contributed by atoms with Crippen molar-refractivity contribution in [1.29, 1.82) is 5.26 Å². The zero-order chi connectivity index (χ0) is 26.8. The molecule has 0 aliphatic carbocycles. The molecule has 9 heteroatoms. The number of carbonyl (C=O) groups is 1. The van der Waals surface area contributed by atoms with Gasteiger partial charge in [-0.3, -0.25) is 10.3 Å². The Hall–Kier alpha value is -4.55. The Bertz CT molecular complexity index is 1560. The van der Waals surface area contributed by atoms with Crippen LogP contribution in [0.15, 0.2) is 60.8 Å². The number of fused-ring (bicyclic) bond motifs is 1. The van der Waals surface area contributed by atoms with E-state index in [-0.39, 0.29) is 11.6 Å². The number of aromatic nitrogens is 1. The quantitative estimate of drug-likeness (QED) is 0.356. The number of benzene rings is 3. The van der Waals surface area contributed by atoms with Crippen molar-refractivity contribution >= 4 is 28.4 Å². The molecule has 192 valence electrons. The number of hydrogen-bond donors (Lipinski definition) is 2. The summed E-state index contributed by atoms with van der Waals surface area (Å²) in [4.78, 5) is 18.8. The van der Waals surface area contributed by atoms with Crippen molar-refractivity contribution < 1.29 is 18.3 Å². The number of anilines is 2. The van der Waals surface area contributed by atoms with Crippen LogP contribution in [0.4, 0.5) is 25.0 Å². The van der Waals surface area contributed by atoms with Crippen LogP contribution in [0.1, 0.15) is 18.4 Å². The highest BCUT2D eigenvalue weighted by molar-refractivity contribution is 6.03. The van der Waals surface area contributed by atoms with Crippen molar-refractivity contribution in [2.45, 2.75) is 18.9 Å². The molecule has 2 heterocycles. The maximum atomic E-state index is 14.2. The summed E-state index contributed by atoms with van der Waals surface area (Å²) in [6, 6.07) is 16.4. The maximum Gasteiger partial charge on any atom is 0.411 e. The van der Waals surface area contributed by atoms with Crippen LogP contribution < -0.4 is 16.0 Å². The lowest BCUT2D eigenvalue weighted by atomic mass is 9.95. The molecule has 1 aliphatic rings. The summed E-state index contributed by atoms with van der Waals surface area (Å²) in [7, 11) is 1.25. The van der Waals surface area contributed by atoms with E-state index in [1.807, 2.05) is 18.2 Å². The minimum Gasteiger partial charge on any atom is -0.453 e. The third-order valence-electron chi connectivity index (χ3n) is 6.78. The largest absolute Gasteiger partial charge is 0.453 e. The molecule has 3 N–H and O–H groups in total. The van der Waals surface area contributed by atoms with Crippen LogP contribution >= 0.6 is 0 Å². The standard InChI is InChI=1S/C29H25F2N5O2/c1-38-29(37)35-27-18(15-32)3-2-4-23(27)17-5-6-26-24(13-17)28(36-9-7-22(33)8-10-36)25(16-34-26)19-11-20(30)14-21(31)12-19/h2-6,11-14,16,22H,7-10,33H2,1H3,(H,35,37). The Morgan fingerprint density at radius 1 is 1.08 bits per heavy atom. The van der Waals surface area contributed by atoms with Crippen LogP contribution in [0.3, 0.4) is 0 Å². The number of para-hydroxylation sites is 1. The summed E-state index contributed by atoms with van der Waals surface area (Å²) in [5.41, 5.74) is 10.6. The van der Waals surface area contributed by atoms with Gasteiger partial charge in [0.2, 0.25) is 0 Å². The van der Waals surface area contributed by atoms with Crippen LogP contribution in [-0.4, -0.2) is 37.3 Å². The fourth-order valence-corrected chi connectivity index (χ4v) is 4.90. The number of ether oxygens (including phenoxy) is 1. The Morgan fingerprint density at radius 3 is 2.50 bits per heavy atom. The molecule has 0 spiro atoms. The third-order valence-corrected chi connectivity index (χ3v) is 6.78. The first-order valence-electron chi connectivity index (χ1n) is 12.2. The van der Waals surface area contributed by atoms with Gasteiger partial charge in [0.15, 0.2) is 0 Å². The molecule has 1 aliphatic heterocycles. The molecule has 1 amide bonds. The van der Waals surface area contributed by atoms with E-state index >= 15 is 0 Å². The van der Waals surface area contributed by atoms with Crippen LogP contribution in [0, 0.1) is 23.0 Å². The number of pyridine rings is 1. The lowest BCUT2D eigenvalue weighted by Gasteiger charge is -2.34. The van der Waals surface area contributed by atoms with Gasteiger partial charge in [-0.25, -0.2) is 13.6 Å². The number of halogens is 2. The summed E-state index contributed by atoms with van der Waals surface area (Å²) >= 11 is 0. The van der Waals surface area contributed by atoms with Gasteiger partial charge in [-0.1, -0.05) is 18.2 Å². The van der Waals surface area contributed by atoms with Crippen LogP contribution in [-0.2, 0) is 4.74 Å². The second-order valence-corrected chi connectivity index (χ2v) is 9.19. The van der Waals surface area contributed by atoms with E-state index in [0.717, 1.165) is 35.5 Å². The van der Waals surface area contributed by atoms with E-state index in [4.69, 9.17) is 10.5 Å². The molecule has 0 bridgehead atoms. The molecule has 0 atom stereocenters. The van der Waals surface area contributed by atoms with Crippen LogP contribution in [0.2, 0.25) is 0 Å². The Labute approximate surface area is 218 Å². The number of rotatable bonds is 4. The normalized spacial score (nSPS) is 13.8. The van der Waals surface area contributed by atoms with Crippen molar-refractivity contribution in [2.24, 2.45) is 5.73 Å². The fourth-order valence-electron chi connectivity index (χ4n) is 4.90. The van der Waals surface area contributed by atoms with Gasteiger partial charge in [-0.2, -0.15) is 5.26 Å². The first kappa shape index (κ1) is 25.1. The second-order valence-electron chi connectivity index (χ2n) is 9.19. The van der Waals surface area contributed by atoms with Crippen molar-refractivity contribution in [2.75, 3.05) is 30.4 Å². The van der Waals surface area contributed by atoms with E-state index in [2.05, 4.69) is 21.3 Å². The molecule has 0 unspecified atom stereocenters. The Balaban J connectivity index is 1.75. The first-order valence-corrected chi connectivity index (χ1v) is 12.2. The van der Waals surface area contributed by atoms with Gasteiger partial charge >= 0.3 is 6.09 Å². The van der Waals surface area contributed by atoms with Gasteiger partial charge in [0.05, 0.1) is 29.6 Å². The number of amides is 1. The number of nitriles is 1. The molecule has 7 nitrogen and oxygen atoms in total. The Morgan fingerprint density at radius 2 is 1.82 bits per heavy atom. The van der Waals surface area contributed by atoms with Crippen LogP contribution in [0.5, 0.6) is 0 Å². The number of nitrogens with one attached hydrogen (secondary N) is 1. The lowest BCUT2D eigenvalue weighted by Crippen LogP contribution is -2.40. The van der Waals surface area contributed by atoms with Crippen molar-refractivity contribution in [3.8, 4) is 28.3 Å². The summed E-state index contributed by atoms with van der Waals surface area (Å²) in [5.74, 6) is -1.35. The van der Waals surface area contributed by atoms with Crippen molar-refractivity contribution in [1.82, 2.24) is 4.98 Å². The van der Waals surface area contributed by atoms with Crippen molar-refractivity contribution in [3.05, 3.63) is 78.0 Å². The molecule has 0 saturated carbocycles. The summed E-state index contributed by atoms with van der Waals surface area (Å²) < 4.78 is 33.2. The maximum absolute atomic E-state index is 14.2. The number of nitrogens with zero attached hydrogens (tertiary/aromatic N) is 3. The molecule has 1 fully saturated rings. The SMILES string of the molecule is COC(=O)Nc1c(C#N)cccc1-c1ccc2ncc(-c3cc(F)cc(F)c3)c(N3CCC(N)CC3)c2c1. The summed E-state index contributed by atoms with van der Waals surface area (Å²) in [5, 5.41) is 13.1. The van der Waals surface area contributed by atoms with E-state index < -0.39 is 17.7 Å². The summed E-state index contributed by atoms with van der Waals surface area (Å²) in [6.07, 6.45) is 2.49. The van der Waals surface area contributed by atoms with E-state index in [1.165, 1.54) is 19.2 Å². The summed E-state index contributed by atoms with van der Waals surface area (Å²) in [6.45, 7) is 1.35. The molecule has 5 rings (SSSR count). The zero-order valence-electron chi connectivity index (χ0n) is 20.7. The Kier molecular flexibility index (Phi) is 6.90. The van der Waals surface area contributed by atoms with E-state index in [0.29, 0.717) is 41.0 Å². The minimum absolute atomic E-state index is 0.0886. The van der Waals surface area contributed by atoms with Gasteiger partial charge in [-0.05, 0) is 54.3 Å². The monoisotopic (exact) mass is 513 g/mol. The van der Waals surface area contributed by atoms with Gasteiger partial charge < -0.3 is 15.4 Å². The average Bonchev–Trinajstić information content (AvgIpc) is 2.92. The number of piperidine rings is 1. The number of hydrogen-bond acceptors (Lipinski definition) is 6. The van der Waals surface area contributed by atoms with Crippen molar-refractivity contribution in [3.63, 3.8) is 0 Å². The number of nitrogens with two attached hydrogens (primary N) is 1. The zero-order valence-corrected chi connectivity index (χ0v) is 20.7. The molecule has 1 aromatic heterocycles. The molecule has 4 aromatic rings. The van der Waals surface area contributed by atoms with Gasteiger partial charge in [-0.15, -0.1) is 0 Å². The smallest absolute Gasteiger partial charge is 0.411 e. The topological polar surface area (TPSA) is 104 Å². The highest BCUT2D eigenvalue weighted by Crippen LogP contribution is 2.41. The molecular formula is C29H25F2N5O2. The van der Waals surface area contributed by atoms with Crippen LogP contribution in [0.25, 0.3) is 33.2 Å². The minimum atomic E-state index is -0.697. The molecule has 38 heavy (non-hydrogen) atoms. The first-order chi connectivity index (χ1) is 18.4. The molecule has 1 saturated heterocycles. The number of carbonyl (C=O) groups excluding carboxylic acids is 1. The third kappa shape index (κ3) is 4.86. The lowest BCUT2D eigenvalue weighted by molar-refractivity contribution is 0.187.